The van der Waals surface area contributed by atoms with Crippen LogP contribution in [0, 0.1) is 0 Å². The lowest BCUT2D eigenvalue weighted by Gasteiger charge is -2.21. The standard InChI is InChI=1S/C16H23NO3/c1-5-10-19-15(18)14(17)11-12-6-8-13(9-7-12)20-16(2,3)4/h5-9,14H,1,10-11,17H2,2-4H3. The molecule has 1 rings (SSSR count). The molecule has 0 saturated heterocycles. The molecule has 4 heteroatoms. The molecule has 0 saturated carbocycles. The summed E-state index contributed by atoms with van der Waals surface area (Å²) in [6.07, 6.45) is 1.95. The Morgan fingerprint density at radius 2 is 1.95 bits per heavy atom. The molecule has 4 nitrogen and oxygen atoms in total. The van der Waals surface area contributed by atoms with Gasteiger partial charge in [-0.15, -0.1) is 0 Å². The van der Waals surface area contributed by atoms with Gasteiger partial charge >= 0.3 is 5.97 Å². The first-order valence-corrected chi connectivity index (χ1v) is 6.63. The molecule has 0 aromatic heterocycles. The van der Waals surface area contributed by atoms with Gasteiger partial charge in [0, 0.05) is 0 Å². The summed E-state index contributed by atoms with van der Waals surface area (Å²) in [4.78, 5) is 11.5. The lowest BCUT2D eigenvalue weighted by molar-refractivity contribution is -0.143. The first-order chi connectivity index (χ1) is 9.31. The van der Waals surface area contributed by atoms with Gasteiger partial charge in [0.25, 0.3) is 0 Å². The SMILES string of the molecule is C=CCOC(=O)C(N)Cc1ccc(OC(C)(C)C)cc1. The molecule has 1 aromatic carbocycles. The maximum Gasteiger partial charge on any atom is 0.323 e. The number of carbonyl (C=O) groups is 1. The maximum absolute atomic E-state index is 11.5. The van der Waals surface area contributed by atoms with Crippen LogP contribution < -0.4 is 10.5 Å². The molecule has 110 valence electrons. The van der Waals surface area contributed by atoms with E-state index < -0.39 is 12.0 Å². The van der Waals surface area contributed by atoms with Gasteiger partial charge in [0.2, 0.25) is 0 Å². The predicted molar refractivity (Wildman–Crippen MR) is 79.7 cm³/mol. The molecular formula is C16H23NO3. The van der Waals surface area contributed by atoms with Gasteiger partial charge in [-0.2, -0.15) is 0 Å². The van der Waals surface area contributed by atoms with E-state index in [0.29, 0.717) is 6.42 Å². The van der Waals surface area contributed by atoms with Crippen LogP contribution in [0.25, 0.3) is 0 Å². The number of esters is 1. The summed E-state index contributed by atoms with van der Waals surface area (Å²) >= 11 is 0. The molecule has 20 heavy (non-hydrogen) atoms. The first-order valence-electron chi connectivity index (χ1n) is 6.63. The van der Waals surface area contributed by atoms with Gasteiger partial charge in [0.05, 0.1) is 0 Å². The summed E-state index contributed by atoms with van der Waals surface area (Å²) in [6, 6.07) is 6.90. The molecule has 0 aliphatic carbocycles. The Kier molecular flexibility index (Phi) is 5.77. The average Bonchev–Trinajstić information content (AvgIpc) is 2.36. The monoisotopic (exact) mass is 277 g/mol. The van der Waals surface area contributed by atoms with Crippen LogP contribution in [0.1, 0.15) is 26.3 Å². The van der Waals surface area contributed by atoms with E-state index in [2.05, 4.69) is 6.58 Å². The van der Waals surface area contributed by atoms with Gasteiger partial charge in [0.1, 0.15) is 24.0 Å². The molecule has 0 spiro atoms. The predicted octanol–water partition coefficient (Wildman–Crippen LogP) is 2.46. The summed E-state index contributed by atoms with van der Waals surface area (Å²) in [6.45, 7) is 9.65. The molecule has 1 atom stereocenters. The lowest BCUT2D eigenvalue weighted by Crippen LogP contribution is -2.34. The zero-order valence-electron chi connectivity index (χ0n) is 12.4. The van der Waals surface area contributed by atoms with E-state index in [1.807, 2.05) is 45.0 Å². The Labute approximate surface area is 120 Å². The van der Waals surface area contributed by atoms with Crippen molar-refractivity contribution in [2.45, 2.75) is 38.8 Å². The second-order valence-electron chi connectivity index (χ2n) is 5.59. The summed E-state index contributed by atoms with van der Waals surface area (Å²) in [7, 11) is 0. The fraction of sp³-hybridized carbons (Fsp3) is 0.438. The van der Waals surface area contributed by atoms with Crippen molar-refractivity contribution in [1.82, 2.24) is 0 Å². The van der Waals surface area contributed by atoms with Crippen molar-refractivity contribution in [2.24, 2.45) is 5.73 Å². The van der Waals surface area contributed by atoms with Crippen molar-refractivity contribution in [1.29, 1.82) is 0 Å². The van der Waals surface area contributed by atoms with E-state index in [9.17, 15) is 4.79 Å². The average molecular weight is 277 g/mol. The van der Waals surface area contributed by atoms with Crippen LogP contribution in [0.15, 0.2) is 36.9 Å². The number of ether oxygens (including phenoxy) is 2. The van der Waals surface area contributed by atoms with Crippen LogP contribution in [0.4, 0.5) is 0 Å². The summed E-state index contributed by atoms with van der Waals surface area (Å²) in [5.74, 6) is 0.379. The Hall–Kier alpha value is -1.81. The first kappa shape index (κ1) is 16.2. The number of hydrogen-bond acceptors (Lipinski definition) is 4. The van der Waals surface area contributed by atoms with E-state index in [1.54, 1.807) is 0 Å². The molecular weight excluding hydrogens is 254 g/mol. The minimum Gasteiger partial charge on any atom is -0.488 e. The van der Waals surface area contributed by atoms with Gasteiger partial charge < -0.3 is 15.2 Å². The highest BCUT2D eigenvalue weighted by Crippen LogP contribution is 2.19. The highest BCUT2D eigenvalue weighted by atomic mass is 16.5. The third-order valence-electron chi connectivity index (χ3n) is 2.45. The minimum atomic E-state index is -0.663. The maximum atomic E-state index is 11.5. The lowest BCUT2D eigenvalue weighted by atomic mass is 10.1. The molecule has 0 radical (unpaired) electrons. The van der Waals surface area contributed by atoms with Crippen LogP contribution >= 0.6 is 0 Å². The summed E-state index contributed by atoms with van der Waals surface area (Å²) in [5.41, 5.74) is 6.53. The molecule has 2 N–H and O–H groups in total. The Bertz CT molecular complexity index is 446. The fourth-order valence-electron chi connectivity index (χ4n) is 1.63. The van der Waals surface area contributed by atoms with Crippen molar-refractivity contribution < 1.29 is 14.3 Å². The van der Waals surface area contributed by atoms with Gasteiger partial charge in [0.15, 0.2) is 0 Å². The van der Waals surface area contributed by atoms with Gasteiger partial charge in [-0.3, -0.25) is 4.79 Å². The van der Waals surface area contributed by atoms with E-state index in [-0.39, 0.29) is 12.2 Å². The second kappa shape index (κ2) is 7.10. The Balaban J connectivity index is 2.56. The number of benzene rings is 1. The van der Waals surface area contributed by atoms with E-state index in [1.165, 1.54) is 6.08 Å². The van der Waals surface area contributed by atoms with E-state index in [0.717, 1.165) is 11.3 Å². The molecule has 0 aliphatic heterocycles. The largest absolute Gasteiger partial charge is 0.488 e. The molecule has 0 bridgehead atoms. The Morgan fingerprint density at radius 1 is 1.35 bits per heavy atom. The van der Waals surface area contributed by atoms with Crippen LogP contribution in [0.2, 0.25) is 0 Å². The van der Waals surface area contributed by atoms with Crippen LogP contribution in [-0.2, 0) is 16.0 Å². The fourth-order valence-corrected chi connectivity index (χ4v) is 1.63. The van der Waals surface area contributed by atoms with Crippen LogP contribution in [0.3, 0.4) is 0 Å². The minimum absolute atomic E-state index is 0.185. The highest BCUT2D eigenvalue weighted by Gasteiger charge is 2.16. The number of rotatable bonds is 6. The molecule has 0 fully saturated rings. The number of carbonyl (C=O) groups excluding carboxylic acids is 1. The molecule has 0 amide bonds. The van der Waals surface area contributed by atoms with E-state index >= 15 is 0 Å². The Morgan fingerprint density at radius 3 is 2.45 bits per heavy atom. The normalized spacial score (nSPS) is 12.6. The molecule has 0 heterocycles. The quantitative estimate of drug-likeness (QED) is 0.641. The number of nitrogens with two attached hydrogens (primary N) is 1. The third kappa shape index (κ3) is 5.89. The zero-order valence-corrected chi connectivity index (χ0v) is 12.4. The molecule has 0 aliphatic rings. The van der Waals surface area contributed by atoms with Gasteiger partial charge in [-0.05, 0) is 44.9 Å². The van der Waals surface area contributed by atoms with Crippen molar-refractivity contribution in [3.05, 3.63) is 42.5 Å². The second-order valence-corrected chi connectivity index (χ2v) is 5.59. The molecule has 1 aromatic rings. The van der Waals surface area contributed by atoms with E-state index in [4.69, 9.17) is 15.2 Å². The third-order valence-corrected chi connectivity index (χ3v) is 2.45. The van der Waals surface area contributed by atoms with Crippen molar-refractivity contribution in [2.75, 3.05) is 6.61 Å². The van der Waals surface area contributed by atoms with Crippen LogP contribution in [0.5, 0.6) is 5.75 Å². The topological polar surface area (TPSA) is 61.5 Å². The summed E-state index contributed by atoms with van der Waals surface area (Å²) < 4.78 is 10.6. The van der Waals surface area contributed by atoms with Gasteiger partial charge in [-0.1, -0.05) is 24.8 Å². The smallest absolute Gasteiger partial charge is 0.323 e. The highest BCUT2D eigenvalue weighted by molar-refractivity contribution is 5.76. The zero-order chi connectivity index (χ0) is 15.2. The number of hydrogen-bond donors (Lipinski definition) is 1. The van der Waals surface area contributed by atoms with Crippen molar-refractivity contribution in [3.8, 4) is 5.75 Å². The van der Waals surface area contributed by atoms with Crippen LogP contribution in [-0.4, -0.2) is 24.2 Å². The van der Waals surface area contributed by atoms with Crippen molar-refractivity contribution >= 4 is 5.97 Å². The summed E-state index contributed by atoms with van der Waals surface area (Å²) in [5, 5.41) is 0. The van der Waals surface area contributed by atoms with Gasteiger partial charge in [-0.25, -0.2) is 0 Å². The van der Waals surface area contributed by atoms with Crippen molar-refractivity contribution in [3.63, 3.8) is 0 Å². The molecule has 1 unspecified atom stereocenters.